The lowest BCUT2D eigenvalue weighted by atomic mass is 10.1. The van der Waals surface area contributed by atoms with Gasteiger partial charge in [0.25, 0.3) is 5.88 Å². The van der Waals surface area contributed by atoms with Crippen LogP contribution < -0.4 is 21.3 Å². The Morgan fingerprint density at radius 3 is 3.00 bits per heavy atom. The van der Waals surface area contributed by atoms with Gasteiger partial charge in [-0.2, -0.15) is 0 Å². The van der Waals surface area contributed by atoms with Crippen LogP contribution in [0, 0.1) is 0 Å². The van der Waals surface area contributed by atoms with Crippen molar-refractivity contribution in [2.75, 3.05) is 12.5 Å². The van der Waals surface area contributed by atoms with Gasteiger partial charge in [-0.15, -0.1) is 0 Å². The van der Waals surface area contributed by atoms with Crippen molar-refractivity contribution in [2.24, 2.45) is 0 Å². The Labute approximate surface area is 72.6 Å². The van der Waals surface area contributed by atoms with Gasteiger partial charge in [0.15, 0.2) is 13.8 Å². The van der Waals surface area contributed by atoms with E-state index in [1.807, 2.05) is 0 Å². The van der Waals surface area contributed by atoms with Crippen molar-refractivity contribution in [1.82, 2.24) is 15.2 Å². The Morgan fingerprint density at radius 1 is 1.67 bits per heavy atom. The molecule has 0 fully saturated rings. The average Bonchev–Trinajstić information content (AvgIpc) is 2.03. The molecule has 0 aliphatic heterocycles. The van der Waals surface area contributed by atoms with Crippen molar-refractivity contribution >= 4 is 27.2 Å². The van der Waals surface area contributed by atoms with Crippen LogP contribution >= 0.6 is 0 Å². The molecule has 0 aromatic carbocycles. The summed E-state index contributed by atoms with van der Waals surface area (Å²) in [6, 6.07) is 0. The standard InChI is InChI=1S/C5H6B2N4O/c6-3-1-9-5(4(8)11-3)12-2-10-7/h1,10H,2H2,(H2,8,11). The van der Waals surface area contributed by atoms with Crippen molar-refractivity contribution in [3.63, 3.8) is 0 Å². The molecule has 0 atom stereocenters. The molecule has 58 valence electrons. The SMILES string of the molecule is [B]NCOc1ncc([B])nc1N. The lowest BCUT2D eigenvalue weighted by Gasteiger charge is -2.05. The fourth-order valence-corrected chi connectivity index (χ4v) is 0.628. The molecule has 0 bridgehead atoms. The zero-order valence-electron chi connectivity index (χ0n) is 6.32. The molecule has 0 amide bonds. The van der Waals surface area contributed by atoms with Crippen LogP contribution in [0.25, 0.3) is 0 Å². The van der Waals surface area contributed by atoms with Crippen LogP contribution in [0.15, 0.2) is 6.20 Å². The summed E-state index contributed by atoms with van der Waals surface area (Å²) in [7, 11) is 10.3. The molecule has 1 aromatic heterocycles. The van der Waals surface area contributed by atoms with Crippen molar-refractivity contribution in [1.29, 1.82) is 0 Å². The normalized spacial score (nSPS) is 9.67. The summed E-state index contributed by atoms with van der Waals surface area (Å²) in [4.78, 5) is 7.51. The van der Waals surface area contributed by atoms with Crippen molar-refractivity contribution in [3.05, 3.63) is 6.20 Å². The minimum Gasteiger partial charge on any atom is -0.460 e. The van der Waals surface area contributed by atoms with E-state index in [0.29, 0.717) is 0 Å². The quantitative estimate of drug-likeness (QED) is 0.389. The van der Waals surface area contributed by atoms with Crippen LogP contribution in [0.2, 0.25) is 0 Å². The third-order valence-corrected chi connectivity index (χ3v) is 1.07. The number of hydrogen-bond acceptors (Lipinski definition) is 5. The molecule has 7 heteroatoms. The van der Waals surface area contributed by atoms with Crippen molar-refractivity contribution in [3.8, 4) is 5.88 Å². The van der Waals surface area contributed by atoms with Crippen LogP contribution in [0.5, 0.6) is 5.88 Å². The second-order valence-electron chi connectivity index (χ2n) is 1.98. The molecule has 0 spiro atoms. The highest BCUT2D eigenvalue weighted by Crippen LogP contribution is 2.10. The Kier molecular flexibility index (Phi) is 2.93. The zero-order chi connectivity index (χ0) is 8.97. The zero-order valence-corrected chi connectivity index (χ0v) is 6.32. The number of aromatic nitrogens is 2. The van der Waals surface area contributed by atoms with Gasteiger partial charge in [0, 0.05) is 11.8 Å². The van der Waals surface area contributed by atoms with Gasteiger partial charge in [0.1, 0.15) is 14.6 Å². The highest BCUT2D eigenvalue weighted by molar-refractivity contribution is 6.30. The molecule has 0 aliphatic rings. The molecule has 1 aromatic rings. The van der Waals surface area contributed by atoms with Gasteiger partial charge in [-0.1, -0.05) is 0 Å². The number of rotatable bonds is 3. The van der Waals surface area contributed by atoms with Crippen LogP contribution in [-0.4, -0.2) is 32.5 Å². The van der Waals surface area contributed by atoms with E-state index in [-0.39, 0.29) is 24.0 Å². The number of nitrogens with one attached hydrogen (secondary N) is 1. The maximum atomic E-state index is 5.41. The minimum atomic E-state index is 0.114. The second kappa shape index (κ2) is 3.96. The summed E-state index contributed by atoms with van der Waals surface area (Å²) in [5.74, 6) is 0.354. The van der Waals surface area contributed by atoms with Crippen molar-refractivity contribution < 1.29 is 4.74 Å². The number of anilines is 1. The fourth-order valence-electron chi connectivity index (χ4n) is 0.628. The number of nitrogen functional groups attached to an aromatic ring is 1. The largest absolute Gasteiger partial charge is 0.460 e. The van der Waals surface area contributed by atoms with Crippen LogP contribution in [0.4, 0.5) is 5.82 Å². The van der Waals surface area contributed by atoms with Gasteiger partial charge in [-0.05, 0) is 0 Å². The molecule has 0 unspecified atom stereocenters. The first-order chi connectivity index (χ1) is 5.74. The Morgan fingerprint density at radius 2 is 2.42 bits per heavy atom. The molecule has 4 radical (unpaired) electrons. The molecular weight excluding hydrogens is 154 g/mol. The predicted octanol–water partition coefficient (Wildman–Crippen LogP) is -2.14. The molecule has 3 N–H and O–H groups in total. The highest BCUT2D eigenvalue weighted by Gasteiger charge is 2.01. The van der Waals surface area contributed by atoms with Crippen LogP contribution in [-0.2, 0) is 0 Å². The van der Waals surface area contributed by atoms with E-state index in [2.05, 4.69) is 15.2 Å². The summed E-state index contributed by atoms with van der Waals surface area (Å²) in [5, 5.41) is 2.28. The summed E-state index contributed by atoms with van der Waals surface area (Å²) >= 11 is 0. The van der Waals surface area contributed by atoms with Gasteiger partial charge in [-0.25, -0.2) is 9.97 Å². The first-order valence-electron chi connectivity index (χ1n) is 3.18. The Balaban J connectivity index is 2.72. The molecule has 12 heavy (non-hydrogen) atoms. The third kappa shape index (κ3) is 2.13. The monoisotopic (exact) mass is 160 g/mol. The third-order valence-electron chi connectivity index (χ3n) is 1.07. The van der Waals surface area contributed by atoms with E-state index in [0.717, 1.165) is 0 Å². The number of hydrogen-bond donors (Lipinski definition) is 2. The Hall–Kier alpha value is -1.23. The first kappa shape index (κ1) is 8.86. The lowest BCUT2D eigenvalue weighted by molar-refractivity contribution is 0.302. The second-order valence-corrected chi connectivity index (χ2v) is 1.98. The van der Waals surface area contributed by atoms with Crippen LogP contribution in [0.3, 0.4) is 0 Å². The summed E-state index contributed by atoms with van der Waals surface area (Å²) < 4.78 is 4.95. The van der Waals surface area contributed by atoms with Gasteiger partial charge < -0.3 is 15.7 Å². The molecule has 0 aliphatic carbocycles. The maximum absolute atomic E-state index is 5.41. The molecule has 1 heterocycles. The minimum absolute atomic E-state index is 0.114. The summed E-state index contributed by atoms with van der Waals surface area (Å²) in [6.45, 7) is 0.114. The molecule has 0 saturated carbocycles. The Bertz CT molecular complexity index is 270. The van der Waals surface area contributed by atoms with E-state index < -0.39 is 0 Å². The first-order valence-corrected chi connectivity index (χ1v) is 3.18. The van der Waals surface area contributed by atoms with E-state index >= 15 is 0 Å². The van der Waals surface area contributed by atoms with Crippen LogP contribution in [0.1, 0.15) is 0 Å². The lowest BCUT2D eigenvalue weighted by Crippen LogP contribution is -2.19. The average molecular weight is 160 g/mol. The number of nitrogens with two attached hydrogens (primary N) is 1. The number of nitrogens with zero attached hydrogens (tertiary/aromatic N) is 2. The van der Waals surface area contributed by atoms with Gasteiger partial charge in [-0.3, -0.25) is 0 Å². The molecule has 0 saturated heterocycles. The molecule has 1 rings (SSSR count). The van der Waals surface area contributed by atoms with E-state index in [1.165, 1.54) is 6.20 Å². The van der Waals surface area contributed by atoms with Gasteiger partial charge in [0.2, 0.25) is 0 Å². The van der Waals surface area contributed by atoms with Gasteiger partial charge >= 0.3 is 0 Å². The fraction of sp³-hybridized carbons (Fsp3) is 0.200. The highest BCUT2D eigenvalue weighted by atomic mass is 16.5. The van der Waals surface area contributed by atoms with Gasteiger partial charge in [0.05, 0.1) is 0 Å². The molecular formula is C5H6B2N4O. The smallest absolute Gasteiger partial charge is 0.258 e. The van der Waals surface area contributed by atoms with E-state index in [4.69, 9.17) is 26.3 Å². The van der Waals surface area contributed by atoms with E-state index in [1.54, 1.807) is 0 Å². The molecule has 5 nitrogen and oxygen atoms in total. The predicted molar refractivity (Wildman–Crippen MR) is 46.2 cm³/mol. The topological polar surface area (TPSA) is 73.1 Å². The van der Waals surface area contributed by atoms with Crippen molar-refractivity contribution in [2.45, 2.75) is 0 Å². The number of ether oxygens (including phenoxy) is 1. The summed E-state index contributed by atoms with van der Waals surface area (Å²) in [5.41, 5.74) is 5.67. The summed E-state index contributed by atoms with van der Waals surface area (Å²) in [6.07, 6.45) is 1.35. The maximum Gasteiger partial charge on any atom is 0.258 e. The van der Waals surface area contributed by atoms with E-state index in [9.17, 15) is 0 Å².